The number of hydrogen-bond donors (Lipinski definition) is 2. The Morgan fingerprint density at radius 2 is 2.22 bits per heavy atom. The molecule has 1 aromatic carbocycles. The van der Waals surface area contributed by atoms with Crippen LogP contribution < -0.4 is 5.32 Å². The van der Waals surface area contributed by atoms with Gasteiger partial charge in [-0.15, -0.1) is 0 Å². The first kappa shape index (κ1) is 17.7. The van der Waals surface area contributed by atoms with Crippen molar-refractivity contribution < 1.29 is 19.4 Å². The Morgan fingerprint density at radius 1 is 1.48 bits per heavy atom. The van der Waals surface area contributed by atoms with Gasteiger partial charge in [0.2, 0.25) is 5.91 Å². The Hall–Kier alpha value is -1.63. The molecular formula is C16H21ClN2O4. The summed E-state index contributed by atoms with van der Waals surface area (Å²) in [7, 11) is 1.45. The number of amides is 2. The molecular weight excluding hydrogens is 320 g/mol. The number of aliphatic hydroxyl groups excluding tert-OH is 1. The Morgan fingerprint density at radius 3 is 2.87 bits per heavy atom. The highest BCUT2D eigenvalue weighted by Gasteiger charge is 2.31. The molecule has 0 spiro atoms. The van der Waals surface area contributed by atoms with Crippen molar-refractivity contribution in [3.63, 3.8) is 0 Å². The minimum Gasteiger partial charge on any atom is -0.389 e. The summed E-state index contributed by atoms with van der Waals surface area (Å²) in [5, 5.41) is 13.6. The molecule has 1 fully saturated rings. The largest absolute Gasteiger partial charge is 0.389 e. The number of halogens is 1. The van der Waals surface area contributed by atoms with Crippen LogP contribution in [0.5, 0.6) is 0 Å². The second-order valence-corrected chi connectivity index (χ2v) is 6.03. The van der Waals surface area contributed by atoms with E-state index < -0.39 is 12.1 Å². The highest BCUT2D eigenvalue weighted by molar-refractivity contribution is 6.31. The lowest BCUT2D eigenvalue weighted by Gasteiger charge is -2.36. The Labute approximate surface area is 140 Å². The van der Waals surface area contributed by atoms with Crippen molar-refractivity contribution in [3.8, 4) is 0 Å². The molecule has 1 aromatic rings. The molecule has 2 atom stereocenters. The van der Waals surface area contributed by atoms with E-state index in [0.717, 1.165) is 0 Å². The van der Waals surface area contributed by atoms with E-state index in [1.54, 1.807) is 30.0 Å². The van der Waals surface area contributed by atoms with E-state index in [2.05, 4.69) is 5.32 Å². The maximum Gasteiger partial charge on any atom is 0.251 e. The number of nitrogens with one attached hydrogen (secondary N) is 1. The molecule has 2 amide bonds. The van der Waals surface area contributed by atoms with Crippen LogP contribution in [0.25, 0.3) is 0 Å². The summed E-state index contributed by atoms with van der Waals surface area (Å²) < 4.78 is 4.81. The van der Waals surface area contributed by atoms with Crippen molar-refractivity contribution in [2.45, 2.75) is 25.5 Å². The second-order valence-electron chi connectivity index (χ2n) is 5.62. The highest BCUT2D eigenvalue weighted by Crippen LogP contribution is 2.19. The average Bonchev–Trinajstić information content (AvgIpc) is 2.52. The smallest absolute Gasteiger partial charge is 0.251 e. The van der Waals surface area contributed by atoms with E-state index in [4.69, 9.17) is 16.3 Å². The number of carbonyl (C=O) groups is 2. The first-order chi connectivity index (χ1) is 10.9. The van der Waals surface area contributed by atoms with Gasteiger partial charge in [-0.25, -0.2) is 0 Å². The summed E-state index contributed by atoms with van der Waals surface area (Å²) in [4.78, 5) is 25.7. The number of rotatable bonds is 4. The summed E-state index contributed by atoms with van der Waals surface area (Å²) in [6.45, 7) is 2.42. The Bertz CT molecular complexity index is 593. The minimum atomic E-state index is -0.812. The molecule has 0 radical (unpaired) electrons. The van der Waals surface area contributed by atoms with Gasteiger partial charge < -0.3 is 20.1 Å². The summed E-state index contributed by atoms with van der Waals surface area (Å²) in [6, 6.07) is 4.74. The molecule has 7 heteroatoms. The lowest BCUT2D eigenvalue weighted by Crippen LogP contribution is -2.55. The van der Waals surface area contributed by atoms with Crippen molar-refractivity contribution in [2.24, 2.45) is 0 Å². The maximum atomic E-state index is 12.4. The highest BCUT2D eigenvalue weighted by atomic mass is 35.5. The third-order valence-corrected chi connectivity index (χ3v) is 4.44. The van der Waals surface area contributed by atoms with E-state index in [1.807, 2.05) is 0 Å². The number of hydrogen-bond acceptors (Lipinski definition) is 4. The number of ether oxygens (including phenoxy) is 1. The Balaban J connectivity index is 1.98. The molecule has 2 N–H and O–H groups in total. The molecule has 1 saturated heterocycles. The molecule has 23 heavy (non-hydrogen) atoms. The molecule has 0 unspecified atom stereocenters. The quantitative estimate of drug-likeness (QED) is 0.856. The van der Waals surface area contributed by atoms with Gasteiger partial charge in [-0.05, 0) is 31.0 Å². The van der Waals surface area contributed by atoms with E-state index >= 15 is 0 Å². The van der Waals surface area contributed by atoms with Crippen LogP contribution >= 0.6 is 11.6 Å². The van der Waals surface area contributed by atoms with Gasteiger partial charge in [0.1, 0.15) is 6.61 Å². The van der Waals surface area contributed by atoms with Gasteiger partial charge in [0.15, 0.2) is 0 Å². The topological polar surface area (TPSA) is 78.9 Å². The summed E-state index contributed by atoms with van der Waals surface area (Å²) in [6.07, 6.45) is -0.324. The van der Waals surface area contributed by atoms with Crippen LogP contribution in [0, 0.1) is 6.92 Å². The second kappa shape index (κ2) is 7.77. The average molecular weight is 341 g/mol. The molecule has 0 saturated carbocycles. The third kappa shape index (κ3) is 4.22. The Kier molecular flexibility index (Phi) is 5.98. The van der Waals surface area contributed by atoms with Gasteiger partial charge in [0.25, 0.3) is 5.91 Å². The number of likely N-dealkylation sites (tertiary alicyclic amines) is 1. The SMILES string of the molecule is COCC(=O)N1CC[C@@H](NC(=O)c2cccc(Cl)c2C)[C@H](O)C1. The third-order valence-electron chi connectivity index (χ3n) is 4.03. The maximum absolute atomic E-state index is 12.4. The lowest BCUT2D eigenvalue weighted by molar-refractivity contribution is -0.138. The van der Waals surface area contributed by atoms with Crippen LogP contribution in [0.3, 0.4) is 0 Å². The number of β-amino-alcohol motifs (C(OH)–C–C–N with tert-alkyl or cyclic N) is 1. The van der Waals surface area contributed by atoms with Crippen molar-refractivity contribution >= 4 is 23.4 Å². The van der Waals surface area contributed by atoms with E-state index in [-0.39, 0.29) is 25.0 Å². The van der Waals surface area contributed by atoms with Gasteiger partial charge in [0.05, 0.1) is 12.1 Å². The first-order valence-corrected chi connectivity index (χ1v) is 7.82. The van der Waals surface area contributed by atoms with Crippen molar-refractivity contribution in [1.29, 1.82) is 0 Å². The molecule has 0 aliphatic carbocycles. The van der Waals surface area contributed by atoms with E-state index in [0.29, 0.717) is 29.1 Å². The predicted molar refractivity (Wildman–Crippen MR) is 86.5 cm³/mol. The number of carbonyl (C=O) groups excluding carboxylic acids is 2. The summed E-state index contributed by atoms with van der Waals surface area (Å²) in [5.74, 6) is -0.437. The van der Waals surface area contributed by atoms with Crippen LogP contribution in [0.1, 0.15) is 22.3 Å². The molecule has 0 aromatic heterocycles. The zero-order valence-corrected chi connectivity index (χ0v) is 14.0. The molecule has 6 nitrogen and oxygen atoms in total. The van der Waals surface area contributed by atoms with Crippen LogP contribution in [0.2, 0.25) is 5.02 Å². The van der Waals surface area contributed by atoms with Gasteiger partial charge in [0, 0.05) is 30.8 Å². The summed E-state index contributed by atoms with van der Waals surface area (Å²) in [5.41, 5.74) is 1.19. The predicted octanol–water partition coefficient (Wildman–Crippen LogP) is 0.986. The van der Waals surface area contributed by atoms with Gasteiger partial charge in [-0.2, -0.15) is 0 Å². The van der Waals surface area contributed by atoms with E-state index in [1.165, 1.54) is 7.11 Å². The van der Waals surface area contributed by atoms with Gasteiger partial charge in [-0.3, -0.25) is 9.59 Å². The minimum absolute atomic E-state index is 0.00848. The fourth-order valence-electron chi connectivity index (χ4n) is 2.64. The molecule has 1 aliphatic heterocycles. The molecule has 126 valence electrons. The molecule has 2 rings (SSSR count). The summed E-state index contributed by atoms with van der Waals surface area (Å²) >= 11 is 6.03. The van der Waals surface area contributed by atoms with Gasteiger partial charge in [-0.1, -0.05) is 17.7 Å². The first-order valence-electron chi connectivity index (χ1n) is 7.44. The zero-order valence-electron chi connectivity index (χ0n) is 13.2. The number of aliphatic hydroxyl groups is 1. The monoisotopic (exact) mass is 340 g/mol. The fraction of sp³-hybridized carbons (Fsp3) is 0.500. The number of benzene rings is 1. The van der Waals surface area contributed by atoms with Crippen LogP contribution in [0.15, 0.2) is 18.2 Å². The van der Waals surface area contributed by atoms with Crippen LogP contribution in [0.4, 0.5) is 0 Å². The number of nitrogens with zero attached hydrogens (tertiary/aromatic N) is 1. The number of piperidine rings is 1. The lowest BCUT2D eigenvalue weighted by atomic mass is 10.0. The van der Waals surface area contributed by atoms with Crippen molar-refractivity contribution in [3.05, 3.63) is 34.3 Å². The standard InChI is InChI=1S/C16H21ClN2O4/c1-10-11(4-3-5-12(10)17)16(22)18-13-6-7-19(8-14(13)20)15(21)9-23-2/h3-5,13-14,20H,6-9H2,1-2H3,(H,18,22)/t13-,14-/m1/s1. The van der Waals surface area contributed by atoms with Crippen LogP contribution in [-0.2, 0) is 9.53 Å². The molecule has 0 bridgehead atoms. The fourth-order valence-corrected chi connectivity index (χ4v) is 2.82. The van der Waals surface area contributed by atoms with Crippen molar-refractivity contribution in [1.82, 2.24) is 10.2 Å². The molecule has 1 aliphatic rings. The van der Waals surface area contributed by atoms with E-state index in [9.17, 15) is 14.7 Å². The number of methoxy groups -OCH3 is 1. The van der Waals surface area contributed by atoms with Gasteiger partial charge >= 0.3 is 0 Å². The zero-order chi connectivity index (χ0) is 17.0. The normalized spacial score (nSPS) is 21.1. The molecule has 1 heterocycles. The van der Waals surface area contributed by atoms with Crippen LogP contribution in [-0.4, -0.2) is 60.8 Å². The van der Waals surface area contributed by atoms with Crippen molar-refractivity contribution in [2.75, 3.05) is 26.8 Å².